The number of nitrogens with one attached hydrogen (secondary N) is 1. The van der Waals surface area contributed by atoms with Gasteiger partial charge in [-0.2, -0.15) is 0 Å². The van der Waals surface area contributed by atoms with Gasteiger partial charge in [-0.1, -0.05) is 66.2 Å². The van der Waals surface area contributed by atoms with E-state index in [1.807, 2.05) is 0 Å². The summed E-state index contributed by atoms with van der Waals surface area (Å²) >= 11 is 3.69. The van der Waals surface area contributed by atoms with Gasteiger partial charge < -0.3 is 0 Å². The van der Waals surface area contributed by atoms with Crippen LogP contribution in [0.3, 0.4) is 0 Å². The van der Waals surface area contributed by atoms with E-state index in [0.29, 0.717) is 0 Å². The van der Waals surface area contributed by atoms with Crippen LogP contribution in [0.15, 0.2) is 22.7 Å². The van der Waals surface area contributed by atoms with Gasteiger partial charge in [0.25, 0.3) is 0 Å². The Morgan fingerprint density at radius 2 is 2.06 bits per heavy atom. The highest BCUT2D eigenvalue weighted by atomic mass is 79.9. The quantitative estimate of drug-likeness (QED) is 0.645. The maximum atomic E-state index is 5.77. The summed E-state index contributed by atoms with van der Waals surface area (Å²) in [6, 6.07) is 6.68. The number of halogens is 1. The zero-order chi connectivity index (χ0) is 13.0. The normalized spacial score (nSPS) is 18.8. The van der Waals surface area contributed by atoms with Gasteiger partial charge >= 0.3 is 0 Å². The zero-order valence-corrected chi connectivity index (χ0v) is 12.7. The lowest BCUT2D eigenvalue weighted by molar-refractivity contribution is 0.300. The second kappa shape index (κ2) is 6.69. The van der Waals surface area contributed by atoms with E-state index in [9.17, 15) is 0 Å². The van der Waals surface area contributed by atoms with Crippen LogP contribution in [-0.2, 0) is 0 Å². The predicted molar refractivity (Wildman–Crippen MR) is 80.1 cm³/mol. The highest BCUT2D eigenvalue weighted by Gasteiger charge is 2.21. The molecule has 1 aromatic rings. The van der Waals surface area contributed by atoms with Gasteiger partial charge in [0, 0.05) is 10.5 Å². The summed E-state index contributed by atoms with van der Waals surface area (Å²) in [4.78, 5) is 0. The first-order chi connectivity index (χ1) is 8.72. The van der Waals surface area contributed by atoms with Crippen molar-refractivity contribution >= 4 is 15.9 Å². The van der Waals surface area contributed by atoms with Crippen LogP contribution in [0.2, 0.25) is 0 Å². The maximum Gasteiger partial charge on any atom is 0.0473 e. The number of rotatable bonds is 4. The fourth-order valence-electron chi connectivity index (χ4n) is 2.98. The SMILES string of the molecule is Cc1cccc(C(CC2CCCCC2)NN)c1Br. The molecule has 1 saturated carbocycles. The van der Waals surface area contributed by atoms with Crippen molar-refractivity contribution < 1.29 is 0 Å². The molecule has 0 amide bonds. The van der Waals surface area contributed by atoms with E-state index in [-0.39, 0.29) is 6.04 Å². The van der Waals surface area contributed by atoms with Gasteiger partial charge in [-0.3, -0.25) is 11.3 Å². The molecule has 0 heterocycles. The molecule has 0 saturated heterocycles. The first-order valence-electron chi connectivity index (χ1n) is 6.93. The summed E-state index contributed by atoms with van der Waals surface area (Å²) in [5, 5.41) is 0. The number of nitrogens with two attached hydrogens (primary N) is 1. The summed E-state index contributed by atoms with van der Waals surface area (Å²) in [5.74, 6) is 6.60. The summed E-state index contributed by atoms with van der Waals surface area (Å²) in [6.07, 6.45) is 8.06. The van der Waals surface area contributed by atoms with E-state index in [1.165, 1.54) is 47.7 Å². The third kappa shape index (κ3) is 3.34. The minimum absolute atomic E-state index is 0.266. The minimum atomic E-state index is 0.266. The number of benzene rings is 1. The van der Waals surface area contributed by atoms with E-state index >= 15 is 0 Å². The van der Waals surface area contributed by atoms with Crippen LogP contribution in [0, 0.1) is 12.8 Å². The van der Waals surface area contributed by atoms with E-state index in [4.69, 9.17) is 5.84 Å². The van der Waals surface area contributed by atoms with E-state index in [2.05, 4.69) is 46.5 Å². The predicted octanol–water partition coefficient (Wildman–Crippen LogP) is 4.23. The van der Waals surface area contributed by atoms with Crippen molar-refractivity contribution in [1.82, 2.24) is 5.43 Å². The van der Waals surface area contributed by atoms with Crippen molar-refractivity contribution in [3.63, 3.8) is 0 Å². The lowest BCUT2D eigenvalue weighted by atomic mass is 9.83. The molecule has 1 aliphatic carbocycles. The Labute approximate surface area is 118 Å². The summed E-state index contributed by atoms with van der Waals surface area (Å²) in [5.41, 5.74) is 5.57. The molecule has 0 radical (unpaired) electrons. The van der Waals surface area contributed by atoms with E-state index < -0.39 is 0 Å². The topological polar surface area (TPSA) is 38.0 Å². The summed E-state index contributed by atoms with van der Waals surface area (Å²) < 4.78 is 1.20. The molecule has 1 aliphatic rings. The summed E-state index contributed by atoms with van der Waals surface area (Å²) in [6.45, 7) is 2.13. The smallest absolute Gasteiger partial charge is 0.0473 e. The highest BCUT2D eigenvalue weighted by Crippen LogP contribution is 2.34. The van der Waals surface area contributed by atoms with Crippen molar-refractivity contribution in [2.24, 2.45) is 11.8 Å². The van der Waals surface area contributed by atoms with Crippen molar-refractivity contribution in [1.29, 1.82) is 0 Å². The van der Waals surface area contributed by atoms with Gasteiger partial charge in [-0.05, 0) is 30.4 Å². The molecule has 0 aliphatic heterocycles. The first-order valence-corrected chi connectivity index (χ1v) is 7.73. The molecule has 1 atom stereocenters. The van der Waals surface area contributed by atoms with Crippen LogP contribution in [0.1, 0.15) is 55.7 Å². The van der Waals surface area contributed by atoms with Crippen LogP contribution < -0.4 is 11.3 Å². The van der Waals surface area contributed by atoms with Gasteiger partial charge in [-0.15, -0.1) is 0 Å². The van der Waals surface area contributed by atoms with Crippen LogP contribution in [-0.4, -0.2) is 0 Å². The zero-order valence-electron chi connectivity index (χ0n) is 11.1. The first kappa shape index (κ1) is 14.0. The van der Waals surface area contributed by atoms with Crippen LogP contribution in [0.25, 0.3) is 0 Å². The molecule has 1 aromatic carbocycles. The highest BCUT2D eigenvalue weighted by molar-refractivity contribution is 9.10. The van der Waals surface area contributed by atoms with E-state index in [1.54, 1.807) is 0 Å². The Kier molecular flexibility index (Phi) is 5.22. The molecule has 3 N–H and O–H groups in total. The monoisotopic (exact) mass is 310 g/mol. The number of hydrogen-bond donors (Lipinski definition) is 2. The fraction of sp³-hybridized carbons (Fsp3) is 0.600. The molecular weight excluding hydrogens is 288 g/mol. The van der Waals surface area contributed by atoms with E-state index in [0.717, 1.165) is 12.3 Å². The van der Waals surface area contributed by atoms with Gasteiger partial charge in [0.15, 0.2) is 0 Å². The molecule has 2 rings (SSSR count). The maximum absolute atomic E-state index is 5.77. The second-order valence-corrected chi connectivity index (χ2v) is 6.23. The fourth-order valence-corrected chi connectivity index (χ4v) is 3.52. The number of hydrogen-bond acceptors (Lipinski definition) is 2. The minimum Gasteiger partial charge on any atom is -0.271 e. The molecule has 18 heavy (non-hydrogen) atoms. The number of hydrazine groups is 1. The Bertz CT molecular complexity index is 386. The Hall–Kier alpha value is -0.380. The van der Waals surface area contributed by atoms with Gasteiger partial charge in [-0.25, -0.2) is 0 Å². The molecule has 2 nitrogen and oxygen atoms in total. The van der Waals surface area contributed by atoms with Gasteiger partial charge in [0.1, 0.15) is 0 Å². The molecule has 1 unspecified atom stereocenters. The molecule has 0 bridgehead atoms. The second-order valence-electron chi connectivity index (χ2n) is 5.44. The van der Waals surface area contributed by atoms with Crippen LogP contribution >= 0.6 is 15.9 Å². The van der Waals surface area contributed by atoms with Crippen molar-refractivity contribution in [3.05, 3.63) is 33.8 Å². The third-order valence-electron chi connectivity index (χ3n) is 4.09. The Morgan fingerprint density at radius 3 is 2.72 bits per heavy atom. The third-order valence-corrected chi connectivity index (χ3v) is 5.18. The van der Waals surface area contributed by atoms with Gasteiger partial charge in [0.2, 0.25) is 0 Å². The van der Waals surface area contributed by atoms with Crippen molar-refractivity contribution in [3.8, 4) is 0 Å². The van der Waals surface area contributed by atoms with Crippen molar-refractivity contribution in [2.75, 3.05) is 0 Å². The number of aryl methyl sites for hydroxylation is 1. The molecule has 0 aromatic heterocycles. The van der Waals surface area contributed by atoms with Crippen molar-refractivity contribution in [2.45, 2.75) is 51.5 Å². The molecule has 0 spiro atoms. The standard InChI is InChI=1S/C15H23BrN2/c1-11-6-5-9-13(15(11)16)14(18-17)10-12-7-3-2-4-8-12/h5-6,9,12,14,18H,2-4,7-8,10,17H2,1H3. The van der Waals surface area contributed by atoms with Gasteiger partial charge in [0.05, 0.1) is 0 Å². The summed E-state index contributed by atoms with van der Waals surface area (Å²) in [7, 11) is 0. The molecular formula is C15H23BrN2. The lowest BCUT2D eigenvalue weighted by Gasteiger charge is -2.27. The average Bonchev–Trinajstić information content (AvgIpc) is 2.41. The Balaban J connectivity index is 2.09. The van der Waals surface area contributed by atoms with Crippen LogP contribution in [0.5, 0.6) is 0 Å². The lowest BCUT2D eigenvalue weighted by Crippen LogP contribution is -2.30. The molecule has 3 heteroatoms. The Morgan fingerprint density at radius 1 is 1.33 bits per heavy atom. The molecule has 1 fully saturated rings. The molecule has 100 valence electrons. The largest absolute Gasteiger partial charge is 0.271 e. The average molecular weight is 311 g/mol. The van der Waals surface area contributed by atoms with Crippen LogP contribution in [0.4, 0.5) is 0 Å².